The first kappa shape index (κ1) is 24.2. The van der Waals surface area contributed by atoms with Crippen LogP contribution in [-0.4, -0.2) is 69.9 Å². The summed E-state index contributed by atoms with van der Waals surface area (Å²) in [6.45, 7) is 16.6. The minimum atomic E-state index is -0.598. The molecule has 7 heteroatoms. The molecule has 31 heavy (non-hydrogen) atoms. The van der Waals surface area contributed by atoms with E-state index in [1.807, 2.05) is 30.9 Å². The Bertz CT molecular complexity index is 815. The van der Waals surface area contributed by atoms with Crippen LogP contribution in [0.4, 0.5) is 0 Å². The summed E-state index contributed by atoms with van der Waals surface area (Å²) >= 11 is 4.47. The number of aromatic hydroxyl groups is 1. The first-order valence-electron chi connectivity index (χ1n) is 11.3. The van der Waals surface area contributed by atoms with Crippen LogP contribution in [0.3, 0.4) is 0 Å². The summed E-state index contributed by atoms with van der Waals surface area (Å²) in [5, 5.41) is 9.92. The van der Waals surface area contributed by atoms with Gasteiger partial charge in [0.25, 0.3) is 0 Å². The van der Waals surface area contributed by atoms with Crippen molar-refractivity contribution in [3.63, 3.8) is 0 Å². The number of rotatable bonds is 5. The second-order valence-corrected chi connectivity index (χ2v) is 11.7. The summed E-state index contributed by atoms with van der Waals surface area (Å²) in [6.07, 6.45) is 0.891. The fourth-order valence-corrected chi connectivity index (χ4v) is 4.73. The highest BCUT2D eigenvalue weighted by atomic mass is 32.1. The monoisotopic (exact) mass is 449 g/mol. The van der Waals surface area contributed by atoms with E-state index in [1.165, 1.54) is 0 Å². The summed E-state index contributed by atoms with van der Waals surface area (Å²) in [4.78, 5) is 16.9. The van der Waals surface area contributed by atoms with Gasteiger partial charge in [-0.2, -0.15) is 12.6 Å². The Morgan fingerprint density at radius 1 is 1.29 bits per heavy atom. The van der Waals surface area contributed by atoms with Gasteiger partial charge in [-0.15, -0.1) is 0 Å². The van der Waals surface area contributed by atoms with Crippen molar-refractivity contribution in [2.45, 2.75) is 70.3 Å². The minimum absolute atomic E-state index is 0.0166. The molecule has 2 unspecified atom stereocenters. The number of benzene rings is 1. The Balaban J connectivity index is 1.61. The van der Waals surface area contributed by atoms with E-state index < -0.39 is 10.8 Å². The number of hydrogen-bond acceptors (Lipinski definition) is 6. The Morgan fingerprint density at radius 3 is 2.48 bits per heavy atom. The van der Waals surface area contributed by atoms with Crippen LogP contribution in [0.2, 0.25) is 0 Å². The molecule has 1 amide bonds. The van der Waals surface area contributed by atoms with E-state index in [0.29, 0.717) is 13.1 Å². The molecule has 0 aliphatic carbocycles. The Morgan fingerprint density at radius 2 is 1.90 bits per heavy atom. The van der Waals surface area contributed by atoms with Crippen molar-refractivity contribution in [2.24, 2.45) is 11.1 Å². The molecular weight excluding hydrogens is 410 g/mol. The molecule has 1 saturated heterocycles. The zero-order valence-electron chi connectivity index (χ0n) is 19.8. The van der Waals surface area contributed by atoms with Crippen LogP contribution in [-0.2, 0) is 4.79 Å². The number of carbonyl (C=O) groups excluding carboxylic acids is 1. The molecule has 2 heterocycles. The Kier molecular flexibility index (Phi) is 6.63. The maximum Gasteiger partial charge on any atom is 0.240 e. The molecule has 2 aliphatic heterocycles. The SMILES string of the molecule is CC1c2cc(O)ccc2OC(C)(CCN2CCN(C(=O)[C@@H](N)C(C)(C)S)CC2)C1(C)C. The topological polar surface area (TPSA) is 79.0 Å². The Hall–Kier alpha value is -1.44. The molecule has 3 rings (SSSR count). The molecule has 3 N–H and O–H groups in total. The fraction of sp³-hybridized carbons (Fsp3) is 0.708. The van der Waals surface area contributed by atoms with E-state index in [-0.39, 0.29) is 28.6 Å². The second-order valence-electron chi connectivity index (χ2n) is 10.5. The predicted octanol–water partition coefficient (Wildman–Crippen LogP) is 3.24. The number of ether oxygens (including phenoxy) is 1. The molecule has 0 saturated carbocycles. The summed E-state index contributed by atoms with van der Waals surface area (Å²) in [6, 6.07) is 4.80. The van der Waals surface area contributed by atoms with Gasteiger partial charge in [-0.25, -0.2) is 0 Å². The predicted molar refractivity (Wildman–Crippen MR) is 128 cm³/mol. The lowest BCUT2D eigenvalue weighted by Gasteiger charge is -2.52. The quantitative estimate of drug-likeness (QED) is 0.602. The van der Waals surface area contributed by atoms with Gasteiger partial charge in [-0.1, -0.05) is 20.8 Å². The number of phenols is 1. The molecule has 1 aromatic carbocycles. The van der Waals surface area contributed by atoms with Gasteiger partial charge in [0, 0.05) is 54.9 Å². The number of thiol groups is 1. The molecule has 3 atom stereocenters. The smallest absolute Gasteiger partial charge is 0.240 e. The minimum Gasteiger partial charge on any atom is -0.508 e. The van der Waals surface area contributed by atoms with Crippen molar-refractivity contribution >= 4 is 18.5 Å². The van der Waals surface area contributed by atoms with Crippen molar-refractivity contribution in [3.8, 4) is 11.5 Å². The third-order valence-electron chi connectivity index (χ3n) is 7.86. The van der Waals surface area contributed by atoms with Crippen LogP contribution in [0.1, 0.15) is 59.4 Å². The zero-order chi connectivity index (χ0) is 23.2. The molecule has 1 fully saturated rings. The normalized spacial score (nSPS) is 27.4. The van der Waals surface area contributed by atoms with Gasteiger partial charge in [0.1, 0.15) is 17.1 Å². The second kappa shape index (κ2) is 8.49. The fourth-order valence-electron chi connectivity index (χ4n) is 4.62. The van der Waals surface area contributed by atoms with Crippen LogP contribution >= 0.6 is 12.6 Å². The number of hydrogen-bond donors (Lipinski definition) is 3. The Labute approximate surface area is 192 Å². The average Bonchev–Trinajstić information content (AvgIpc) is 2.70. The molecule has 6 nitrogen and oxygen atoms in total. The summed E-state index contributed by atoms with van der Waals surface area (Å²) < 4.78 is 6.02. The molecule has 1 aromatic rings. The van der Waals surface area contributed by atoms with Crippen molar-refractivity contribution in [3.05, 3.63) is 23.8 Å². The maximum absolute atomic E-state index is 12.7. The maximum atomic E-state index is 12.7. The van der Waals surface area contributed by atoms with Crippen LogP contribution in [0.25, 0.3) is 0 Å². The van der Waals surface area contributed by atoms with Crippen LogP contribution in [0.5, 0.6) is 11.5 Å². The van der Waals surface area contributed by atoms with Gasteiger partial charge in [-0.05, 0) is 44.9 Å². The summed E-state index contributed by atoms with van der Waals surface area (Å²) in [7, 11) is 0. The van der Waals surface area contributed by atoms with Gasteiger partial charge in [0.15, 0.2) is 0 Å². The highest BCUT2D eigenvalue weighted by molar-refractivity contribution is 7.81. The van der Waals surface area contributed by atoms with Crippen LogP contribution in [0.15, 0.2) is 18.2 Å². The van der Waals surface area contributed by atoms with E-state index in [4.69, 9.17) is 10.5 Å². The van der Waals surface area contributed by atoms with Gasteiger partial charge in [0.2, 0.25) is 5.91 Å². The van der Waals surface area contributed by atoms with Crippen LogP contribution < -0.4 is 10.5 Å². The summed E-state index contributed by atoms with van der Waals surface area (Å²) in [5.41, 5.74) is 6.75. The number of nitrogens with two attached hydrogens (primary N) is 1. The highest BCUT2D eigenvalue weighted by Gasteiger charge is 2.51. The van der Waals surface area contributed by atoms with Gasteiger partial charge < -0.3 is 20.5 Å². The van der Waals surface area contributed by atoms with Crippen molar-refractivity contribution in [1.82, 2.24) is 9.80 Å². The first-order chi connectivity index (χ1) is 14.3. The third-order valence-corrected chi connectivity index (χ3v) is 8.14. The lowest BCUT2D eigenvalue weighted by Crippen LogP contribution is -2.58. The number of phenolic OH excluding ortho intramolecular Hbond substituents is 1. The molecule has 174 valence electrons. The van der Waals surface area contributed by atoms with Gasteiger partial charge >= 0.3 is 0 Å². The highest BCUT2D eigenvalue weighted by Crippen LogP contribution is 2.54. The molecule has 0 radical (unpaired) electrons. The van der Waals surface area contributed by atoms with Crippen molar-refractivity contribution < 1.29 is 14.6 Å². The standard InChI is InChI=1S/C24H39N3O3S/c1-16-18-15-17(28)7-8-19(18)30-24(6,22(16,2)3)9-10-26-11-13-27(14-12-26)21(29)20(25)23(4,5)31/h7-8,15-16,20,28,31H,9-14,25H2,1-6H3/t16?,20-,24?/m1/s1. The average molecular weight is 450 g/mol. The third kappa shape index (κ3) is 4.69. The first-order valence-corrected chi connectivity index (χ1v) is 11.7. The summed E-state index contributed by atoms with van der Waals surface area (Å²) in [5.74, 6) is 1.39. The zero-order valence-corrected chi connectivity index (χ0v) is 20.7. The molecular formula is C24H39N3O3S. The van der Waals surface area contributed by atoms with Gasteiger partial charge in [-0.3, -0.25) is 9.69 Å². The van der Waals surface area contributed by atoms with E-state index >= 15 is 0 Å². The number of fused-ring (bicyclic) bond motifs is 1. The molecule has 0 aromatic heterocycles. The number of nitrogens with zero attached hydrogens (tertiary/aromatic N) is 2. The number of piperazine rings is 1. The van der Waals surface area contributed by atoms with E-state index in [0.717, 1.165) is 37.4 Å². The van der Waals surface area contributed by atoms with E-state index in [2.05, 4.69) is 45.2 Å². The lowest BCUT2D eigenvalue weighted by molar-refractivity contribution is -0.135. The molecule has 2 aliphatic rings. The largest absolute Gasteiger partial charge is 0.508 e. The number of carbonyl (C=O) groups is 1. The van der Waals surface area contributed by atoms with Crippen molar-refractivity contribution in [2.75, 3.05) is 32.7 Å². The van der Waals surface area contributed by atoms with Gasteiger partial charge in [0.05, 0.1) is 6.04 Å². The molecule has 0 bridgehead atoms. The lowest BCUT2D eigenvalue weighted by atomic mass is 9.62. The molecule has 0 spiro atoms. The van der Waals surface area contributed by atoms with Crippen molar-refractivity contribution in [1.29, 1.82) is 0 Å². The van der Waals surface area contributed by atoms with E-state index in [1.54, 1.807) is 6.07 Å². The number of amides is 1. The van der Waals surface area contributed by atoms with Crippen LogP contribution in [0, 0.1) is 5.41 Å². The van der Waals surface area contributed by atoms with E-state index in [9.17, 15) is 9.90 Å².